The van der Waals surface area contributed by atoms with Gasteiger partial charge in [0, 0.05) is 6.54 Å². The van der Waals surface area contributed by atoms with Crippen LogP contribution in [0.5, 0.6) is 0 Å². The number of nitrogens with zero attached hydrogens (tertiary/aromatic N) is 2. The van der Waals surface area contributed by atoms with Gasteiger partial charge in [-0.25, -0.2) is 4.79 Å². The second kappa shape index (κ2) is 4.59. The van der Waals surface area contributed by atoms with Crippen LogP contribution in [0.2, 0.25) is 0 Å². The molecule has 3 rings (SSSR count). The molecule has 0 aliphatic heterocycles. The Morgan fingerprint density at radius 1 is 1.50 bits per heavy atom. The number of aromatic nitrogens is 2. The van der Waals surface area contributed by atoms with Crippen LogP contribution in [0.25, 0.3) is 0 Å². The maximum Gasteiger partial charge on any atom is 0.329 e. The molecule has 2 aliphatic rings. The molecule has 2 atom stereocenters. The van der Waals surface area contributed by atoms with E-state index in [0.717, 1.165) is 18.4 Å². The molecule has 1 aromatic rings. The Morgan fingerprint density at radius 3 is 2.94 bits per heavy atom. The fourth-order valence-electron chi connectivity index (χ4n) is 2.66. The van der Waals surface area contributed by atoms with Gasteiger partial charge >= 0.3 is 12.0 Å². The number of hydrogen-bond acceptors (Lipinski definition) is 4. The van der Waals surface area contributed by atoms with Gasteiger partial charge in [-0.05, 0) is 31.1 Å². The summed E-state index contributed by atoms with van der Waals surface area (Å²) in [5, 5.41) is 8.99. The van der Waals surface area contributed by atoms with Crippen molar-refractivity contribution in [3.05, 3.63) is 5.82 Å². The molecule has 0 saturated heterocycles. The van der Waals surface area contributed by atoms with Gasteiger partial charge in [0.25, 0.3) is 0 Å². The molecule has 98 valence electrons. The number of amides is 2. The highest BCUT2D eigenvalue weighted by Gasteiger charge is 2.44. The Morgan fingerprint density at radius 2 is 2.33 bits per heavy atom. The zero-order valence-electron chi connectivity index (χ0n) is 10.5. The maximum atomic E-state index is 11.6. The van der Waals surface area contributed by atoms with Gasteiger partial charge in [0.1, 0.15) is 0 Å². The number of anilines is 1. The van der Waals surface area contributed by atoms with Crippen molar-refractivity contribution in [2.24, 2.45) is 17.8 Å². The van der Waals surface area contributed by atoms with Gasteiger partial charge in [0.05, 0.1) is 0 Å². The van der Waals surface area contributed by atoms with Crippen LogP contribution < -0.4 is 10.6 Å². The molecule has 2 aliphatic carbocycles. The molecule has 2 fully saturated rings. The van der Waals surface area contributed by atoms with Crippen molar-refractivity contribution in [1.29, 1.82) is 0 Å². The van der Waals surface area contributed by atoms with E-state index in [1.807, 2.05) is 0 Å². The molecule has 0 aromatic carbocycles. The quantitative estimate of drug-likeness (QED) is 0.855. The minimum atomic E-state index is -0.266. The molecule has 2 amide bonds. The zero-order chi connectivity index (χ0) is 12.5. The van der Waals surface area contributed by atoms with Crippen molar-refractivity contribution >= 4 is 12.0 Å². The molecule has 0 radical (unpaired) electrons. The summed E-state index contributed by atoms with van der Waals surface area (Å²) in [6.45, 7) is 2.46. The van der Waals surface area contributed by atoms with Crippen LogP contribution in [-0.2, 0) is 0 Å². The number of rotatable bonds is 4. The lowest BCUT2D eigenvalue weighted by Crippen LogP contribution is -2.31. The number of urea groups is 1. The van der Waals surface area contributed by atoms with Crippen molar-refractivity contribution in [2.45, 2.75) is 32.6 Å². The average Bonchev–Trinajstić information content (AvgIpc) is 2.89. The summed E-state index contributed by atoms with van der Waals surface area (Å²) < 4.78 is 4.81. The van der Waals surface area contributed by atoms with Crippen LogP contribution in [-0.4, -0.2) is 22.7 Å². The van der Waals surface area contributed by atoms with E-state index < -0.39 is 0 Å². The Hall–Kier alpha value is -1.59. The van der Waals surface area contributed by atoms with Crippen molar-refractivity contribution in [2.75, 3.05) is 11.9 Å². The SMILES string of the molecule is Cc1noc(NC(=O)NC[C@@H]2C[C@H]2C2CCC2)n1. The molecule has 1 heterocycles. The lowest BCUT2D eigenvalue weighted by molar-refractivity contribution is 0.247. The molecule has 2 N–H and O–H groups in total. The third kappa shape index (κ3) is 2.47. The van der Waals surface area contributed by atoms with E-state index in [1.165, 1.54) is 25.7 Å². The number of nitrogens with one attached hydrogen (secondary N) is 2. The number of aryl methyl sites for hydroxylation is 1. The highest BCUT2D eigenvalue weighted by Crippen LogP contribution is 2.51. The predicted molar refractivity (Wildman–Crippen MR) is 65.0 cm³/mol. The fraction of sp³-hybridized carbons (Fsp3) is 0.750. The summed E-state index contributed by atoms with van der Waals surface area (Å²) in [6, 6.07) is -0.116. The van der Waals surface area contributed by atoms with Crippen molar-refractivity contribution in [3.63, 3.8) is 0 Å². The third-order valence-corrected chi connectivity index (χ3v) is 4.01. The minimum Gasteiger partial charge on any atom is -0.337 e. The summed E-state index contributed by atoms with van der Waals surface area (Å²) in [5.41, 5.74) is 0. The summed E-state index contributed by atoms with van der Waals surface area (Å²) in [4.78, 5) is 15.5. The fourth-order valence-corrected chi connectivity index (χ4v) is 2.66. The van der Waals surface area contributed by atoms with Gasteiger partial charge < -0.3 is 9.84 Å². The number of hydrogen-bond donors (Lipinski definition) is 2. The predicted octanol–water partition coefficient (Wildman–Crippen LogP) is 1.94. The van der Waals surface area contributed by atoms with E-state index in [2.05, 4.69) is 20.8 Å². The van der Waals surface area contributed by atoms with E-state index in [-0.39, 0.29) is 12.0 Å². The van der Waals surface area contributed by atoms with Gasteiger partial charge in [0.2, 0.25) is 0 Å². The van der Waals surface area contributed by atoms with Gasteiger partial charge in [0.15, 0.2) is 5.82 Å². The third-order valence-electron chi connectivity index (χ3n) is 4.01. The van der Waals surface area contributed by atoms with E-state index in [1.54, 1.807) is 6.92 Å². The minimum absolute atomic E-state index is 0.149. The molecular formula is C12H18N4O2. The summed E-state index contributed by atoms with van der Waals surface area (Å²) >= 11 is 0. The summed E-state index contributed by atoms with van der Waals surface area (Å²) in [5.74, 6) is 2.96. The van der Waals surface area contributed by atoms with Gasteiger partial charge in [-0.2, -0.15) is 4.98 Å². The zero-order valence-corrected chi connectivity index (χ0v) is 10.5. The summed E-state index contributed by atoms with van der Waals surface area (Å²) in [7, 11) is 0. The second-order valence-electron chi connectivity index (χ2n) is 5.33. The first-order valence-electron chi connectivity index (χ1n) is 6.57. The van der Waals surface area contributed by atoms with Crippen LogP contribution in [0.4, 0.5) is 10.8 Å². The maximum absolute atomic E-state index is 11.6. The molecule has 0 bridgehead atoms. The standard InChI is InChI=1S/C12H18N4O2/c1-7-14-12(18-16-7)15-11(17)13-6-9-5-10(9)8-3-2-4-8/h8-10H,2-6H2,1H3,(H2,13,14,15,16,17)/t9-,10-/m0/s1. The monoisotopic (exact) mass is 250 g/mol. The van der Waals surface area contributed by atoms with Gasteiger partial charge in [-0.3, -0.25) is 5.32 Å². The Labute approximate surface area is 106 Å². The lowest BCUT2D eigenvalue weighted by Gasteiger charge is -2.25. The molecule has 18 heavy (non-hydrogen) atoms. The Bertz CT molecular complexity index is 441. The van der Waals surface area contributed by atoms with Crippen LogP contribution in [0.3, 0.4) is 0 Å². The van der Waals surface area contributed by atoms with Crippen LogP contribution in [0.1, 0.15) is 31.5 Å². The number of carbonyl (C=O) groups excluding carboxylic acids is 1. The molecule has 2 saturated carbocycles. The molecule has 0 spiro atoms. The molecule has 1 aromatic heterocycles. The molecule has 0 unspecified atom stereocenters. The number of carbonyl (C=O) groups is 1. The van der Waals surface area contributed by atoms with Crippen LogP contribution in [0, 0.1) is 24.7 Å². The first kappa shape index (κ1) is 11.5. The summed E-state index contributed by atoms with van der Waals surface area (Å²) in [6.07, 6.45) is 5.42. The normalized spacial score (nSPS) is 26.5. The van der Waals surface area contributed by atoms with E-state index >= 15 is 0 Å². The molecular weight excluding hydrogens is 232 g/mol. The first-order valence-corrected chi connectivity index (χ1v) is 6.57. The largest absolute Gasteiger partial charge is 0.337 e. The van der Waals surface area contributed by atoms with E-state index in [4.69, 9.17) is 4.52 Å². The smallest absolute Gasteiger partial charge is 0.329 e. The first-order chi connectivity index (χ1) is 8.72. The van der Waals surface area contributed by atoms with E-state index in [0.29, 0.717) is 11.7 Å². The molecule has 6 nitrogen and oxygen atoms in total. The van der Waals surface area contributed by atoms with Crippen LogP contribution in [0.15, 0.2) is 4.52 Å². The average molecular weight is 250 g/mol. The molecule has 6 heteroatoms. The van der Waals surface area contributed by atoms with Gasteiger partial charge in [-0.15, -0.1) is 0 Å². The lowest BCUT2D eigenvalue weighted by atomic mass is 9.81. The Kier molecular flexibility index (Phi) is 2.93. The van der Waals surface area contributed by atoms with Crippen molar-refractivity contribution in [3.8, 4) is 0 Å². The van der Waals surface area contributed by atoms with E-state index in [9.17, 15) is 4.79 Å². The highest BCUT2D eigenvalue weighted by molar-refractivity contribution is 5.86. The topological polar surface area (TPSA) is 80.0 Å². The van der Waals surface area contributed by atoms with Crippen molar-refractivity contribution < 1.29 is 9.32 Å². The van der Waals surface area contributed by atoms with Crippen molar-refractivity contribution in [1.82, 2.24) is 15.5 Å². The highest BCUT2D eigenvalue weighted by atomic mass is 16.5. The van der Waals surface area contributed by atoms with Crippen LogP contribution >= 0.6 is 0 Å². The van der Waals surface area contributed by atoms with Gasteiger partial charge in [-0.1, -0.05) is 24.4 Å². The Balaban J connectivity index is 1.37. The second-order valence-corrected chi connectivity index (χ2v) is 5.33.